The highest BCUT2D eigenvalue weighted by Crippen LogP contribution is 2.27. The number of amides is 1. The monoisotopic (exact) mass is 291 g/mol. The van der Waals surface area contributed by atoms with Gasteiger partial charge in [-0.15, -0.1) is 0 Å². The van der Waals surface area contributed by atoms with Crippen LogP contribution in [-0.2, 0) is 4.79 Å². The van der Waals surface area contributed by atoms with Gasteiger partial charge in [-0.2, -0.15) is 0 Å². The first-order valence-corrected chi connectivity index (χ1v) is 7.96. The molecular formula is C18H29NO2. The summed E-state index contributed by atoms with van der Waals surface area (Å²) in [6.07, 6.45) is 2.53. The summed E-state index contributed by atoms with van der Waals surface area (Å²) < 4.78 is 0. The molecule has 2 N–H and O–H groups in total. The quantitative estimate of drug-likeness (QED) is 0.770. The summed E-state index contributed by atoms with van der Waals surface area (Å²) in [5, 5.41) is 13.1. The minimum Gasteiger partial charge on any atom is -0.388 e. The Labute approximate surface area is 128 Å². The van der Waals surface area contributed by atoms with Crippen LogP contribution in [0.1, 0.15) is 58.4 Å². The number of rotatable bonds is 8. The predicted octanol–water partition coefficient (Wildman–Crippen LogP) is 3.48. The van der Waals surface area contributed by atoms with Crippen LogP contribution in [0.5, 0.6) is 0 Å². The van der Waals surface area contributed by atoms with Crippen LogP contribution >= 0.6 is 0 Å². The van der Waals surface area contributed by atoms with Crippen molar-refractivity contribution in [2.45, 2.75) is 58.5 Å². The molecule has 1 rings (SSSR count). The van der Waals surface area contributed by atoms with E-state index in [2.05, 4.69) is 19.2 Å². The number of nitrogens with one attached hydrogen (secondary N) is 1. The van der Waals surface area contributed by atoms with Gasteiger partial charge in [0, 0.05) is 6.54 Å². The molecule has 0 aliphatic heterocycles. The van der Waals surface area contributed by atoms with Crippen molar-refractivity contribution in [2.75, 3.05) is 6.54 Å². The molecule has 21 heavy (non-hydrogen) atoms. The van der Waals surface area contributed by atoms with Gasteiger partial charge in [0.2, 0.25) is 5.91 Å². The molecular weight excluding hydrogens is 262 g/mol. The van der Waals surface area contributed by atoms with Crippen LogP contribution in [0.25, 0.3) is 0 Å². The zero-order valence-corrected chi connectivity index (χ0v) is 13.7. The van der Waals surface area contributed by atoms with Crippen LogP contribution < -0.4 is 5.32 Å². The molecule has 0 heterocycles. The molecule has 3 atom stereocenters. The lowest BCUT2D eigenvalue weighted by Crippen LogP contribution is -2.43. The first-order valence-electron chi connectivity index (χ1n) is 7.96. The summed E-state index contributed by atoms with van der Waals surface area (Å²) in [5.41, 5.74) is 0.209. The molecule has 0 radical (unpaired) electrons. The van der Waals surface area contributed by atoms with Crippen molar-refractivity contribution in [1.29, 1.82) is 0 Å². The molecule has 118 valence electrons. The third-order valence-corrected chi connectivity index (χ3v) is 4.09. The Morgan fingerprint density at radius 2 is 1.90 bits per heavy atom. The first kappa shape index (κ1) is 17.7. The van der Waals surface area contributed by atoms with E-state index < -0.39 is 5.60 Å². The Kier molecular flexibility index (Phi) is 6.90. The second kappa shape index (κ2) is 8.18. The molecule has 0 aliphatic rings. The molecule has 1 aromatic carbocycles. The highest BCUT2D eigenvalue weighted by atomic mass is 16.3. The maximum absolute atomic E-state index is 12.6. The third kappa shape index (κ3) is 5.50. The molecule has 0 spiro atoms. The molecule has 0 bridgehead atoms. The molecule has 0 aliphatic carbocycles. The summed E-state index contributed by atoms with van der Waals surface area (Å²) in [7, 11) is 0. The first-order chi connectivity index (χ1) is 9.91. The van der Waals surface area contributed by atoms with E-state index in [1.807, 2.05) is 37.3 Å². The van der Waals surface area contributed by atoms with Crippen LogP contribution in [0.15, 0.2) is 30.3 Å². The van der Waals surface area contributed by atoms with Crippen LogP contribution in [-0.4, -0.2) is 23.2 Å². The van der Waals surface area contributed by atoms with E-state index in [9.17, 15) is 9.90 Å². The van der Waals surface area contributed by atoms with Gasteiger partial charge in [-0.25, -0.2) is 0 Å². The third-order valence-electron chi connectivity index (χ3n) is 4.09. The van der Waals surface area contributed by atoms with Gasteiger partial charge in [-0.3, -0.25) is 4.79 Å². The Balaban J connectivity index is 2.78. The van der Waals surface area contributed by atoms with Gasteiger partial charge in [0.25, 0.3) is 0 Å². The van der Waals surface area contributed by atoms with Crippen molar-refractivity contribution < 1.29 is 9.90 Å². The van der Waals surface area contributed by atoms with E-state index in [1.54, 1.807) is 6.92 Å². The fourth-order valence-corrected chi connectivity index (χ4v) is 2.65. The maximum Gasteiger partial charge on any atom is 0.227 e. The fourth-order valence-electron chi connectivity index (χ4n) is 2.65. The van der Waals surface area contributed by atoms with E-state index in [0.29, 0.717) is 13.0 Å². The molecule has 0 saturated carbocycles. The van der Waals surface area contributed by atoms with E-state index in [1.165, 1.54) is 0 Å². The standard InChI is InChI=1S/C18H29NO2/c1-5-12-18(4,21)13-19-17(20)16(14(3)6-2)15-10-8-7-9-11-15/h7-11,14,16,21H,5-6,12-13H2,1-4H3,(H,19,20). The zero-order valence-electron chi connectivity index (χ0n) is 13.7. The smallest absolute Gasteiger partial charge is 0.227 e. The molecule has 3 heteroatoms. The van der Waals surface area contributed by atoms with Gasteiger partial charge in [0.05, 0.1) is 11.5 Å². The number of benzene rings is 1. The van der Waals surface area contributed by atoms with Gasteiger partial charge < -0.3 is 10.4 Å². The van der Waals surface area contributed by atoms with Gasteiger partial charge >= 0.3 is 0 Å². The Morgan fingerprint density at radius 3 is 2.43 bits per heavy atom. The number of hydrogen-bond donors (Lipinski definition) is 2. The van der Waals surface area contributed by atoms with Crippen LogP contribution in [0.3, 0.4) is 0 Å². The lowest BCUT2D eigenvalue weighted by Gasteiger charge is -2.27. The SMILES string of the molecule is CCCC(C)(O)CNC(=O)C(c1ccccc1)C(C)CC. The summed E-state index contributed by atoms with van der Waals surface area (Å²) in [5.74, 6) is 0.115. The minimum absolute atomic E-state index is 0.00641. The predicted molar refractivity (Wildman–Crippen MR) is 87.2 cm³/mol. The largest absolute Gasteiger partial charge is 0.388 e. The minimum atomic E-state index is -0.832. The van der Waals surface area contributed by atoms with Crippen molar-refractivity contribution in [3.63, 3.8) is 0 Å². The van der Waals surface area contributed by atoms with Crippen LogP contribution in [0.4, 0.5) is 0 Å². The van der Waals surface area contributed by atoms with Crippen LogP contribution in [0, 0.1) is 5.92 Å². The van der Waals surface area contributed by atoms with Crippen molar-refractivity contribution in [3.8, 4) is 0 Å². The molecule has 1 amide bonds. The second-order valence-corrected chi connectivity index (χ2v) is 6.24. The Hall–Kier alpha value is -1.35. The average molecular weight is 291 g/mol. The normalized spacial score (nSPS) is 16.8. The lowest BCUT2D eigenvalue weighted by molar-refractivity contribution is -0.124. The number of carbonyl (C=O) groups excluding carboxylic acids is 1. The Morgan fingerprint density at radius 1 is 1.29 bits per heavy atom. The van der Waals surface area contributed by atoms with Gasteiger partial charge in [0.15, 0.2) is 0 Å². The van der Waals surface area contributed by atoms with E-state index >= 15 is 0 Å². The number of carbonyl (C=O) groups is 1. The van der Waals surface area contributed by atoms with Crippen molar-refractivity contribution in [2.24, 2.45) is 5.92 Å². The van der Waals surface area contributed by atoms with Gasteiger partial charge in [0.1, 0.15) is 0 Å². The van der Waals surface area contributed by atoms with Crippen LogP contribution in [0.2, 0.25) is 0 Å². The summed E-state index contributed by atoms with van der Waals surface area (Å²) >= 11 is 0. The van der Waals surface area contributed by atoms with Gasteiger partial charge in [-0.1, -0.05) is 63.9 Å². The van der Waals surface area contributed by atoms with Crippen molar-refractivity contribution in [1.82, 2.24) is 5.32 Å². The van der Waals surface area contributed by atoms with Gasteiger partial charge in [-0.05, 0) is 24.8 Å². The summed E-state index contributed by atoms with van der Waals surface area (Å²) in [6.45, 7) is 8.31. The lowest BCUT2D eigenvalue weighted by atomic mass is 9.84. The highest BCUT2D eigenvalue weighted by molar-refractivity contribution is 5.84. The number of aliphatic hydroxyl groups is 1. The zero-order chi connectivity index (χ0) is 15.9. The summed E-state index contributed by atoms with van der Waals surface area (Å²) in [6, 6.07) is 9.89. The molecule has 3 nitrogen and oxygen atoms in total. The molecule has 3 unspecified atom stereocenters. The molecule has 1 aromatic rings. The summed E-state index contributed by atoms with van der Waals surface area (Å²) in [4.78, 5) is 12.6. The number of hydrogen-bond acceptors (Lipinski definition) is 2. The van der Waals surface area contributed by atoms with E-state index in [-0.39, 0.29) is 17.7 Å². The second-order valence-electron chi connectivity index (χ2n) is 6.24. The molecule has 0 fully saturated rings. The highest BCUT2D eigenvalue weighted by Gasteiger charge is 2.27. The molecule has 0 aromatic heterocycles. The topological polar surface area (TPSA) is 49.3 Å². The fraction of sp³-hybridized carbons (Fsp3) is 0.611. The molecule has 0 saturated heterocycles. The van der Waals surface area contributed by atoms with Crippen molar-refractivity contribution in [3.05, 3.63) is 35.9 Å². The average Bonchev–Trinajstić information content (AvgIpc) is 2.46. The van der Waals surface area contributed by atoms with E-state index in [0.717, 1.165) is 18.4 Å². The maximum atomic E-state index is 12.6. The Bertz CT molecular complexity index is 428. The van der Waals surface area contributed by atoms with Crippen molar-refractivity contribution >= 4 is 5.91 Å². The van der Waals surface area contributed by atoms with E-state index in [4.69, 9.17) is 0 Å².